The largest absolute Gasteiger partial charge is 0.296 e. The maximum absolute atomic E-state index is 13.9. The fraction of sp³-hybridized carbons (Fsp3) is 0.471. The first-order valence-electron chi connectivity index (χ1n) is 8.52. The van der Waals surface area contributed by atoms with E-state index in [1.54, 1.807) is 23.7 Å². The van der Waals surface area contributed by atoms with Crippen molar-refractivity contribution in [1.82, 2.24) is 19.0 Å². The predicted octanol–water partition coefficient (Wildman–Crippen LogP) is 2.51. The molecule has 0 N–H and O–H groups in total. The summed E-state index contributed by atoms with van der Waals surface area (Å²) in [5, 5.41) is 4.52. The number of piperazine rings is 1. The van der Waals surface area contributed by atoms with Crippen molar-refractivity contribution in [3.8, 4) is 0 Å². The molecule has 26 heavy (non-hydrogen) atoms. The summed E-state index contributed by atoms with van der Waals surface area (Å²) in [6.45, 7) is 6.42. The second kappa shape index (κ2) is 7.64. The zero-order chi connectivity index (χ0) is 18.9. The van der Waals surface area contributed by atoms with E-state index in [-0.39, 0.29) is 10.7 Å². The Hall–Kier alpha value is -1.48. The summed E-state index contributed by atoms with van der Waals surface area (Å²) in [6, 6.07) is 4.62. The third-order valence-corrected chi connectivity index (χ3v) is 7.11. The second-order valence-corrected chi connectivity index (χ2v) is 8.60. The smallest absolute Gasteiger partial charge is 0.246 e. The molecular formula is C17H22ClFN4O2S. The summed E-state index contributed by atoms with van der Waals surface area (Å²) in [5.74, 6) is -0.338. The van der Waals surface area contributed by atoms with Gasteiger partial charge in [0.05, 0.1) is 11.9 Å². The molecule has 0 saturated carbocycles. The van der Waals surface area contributed by atoms with Gasteiger partial charge in [-0.05, 0) is 26.0 Å². The zero-order valence-electron chi connectivity index (χ0n) is 14.8. The van der Waals surface area contributed by atoms with E-state index in [2.05, 4.69) is 5.10 Å². The van der Waals surface area contributed by atoms with E-state index in [0.29, 0.717) is 55.5 Å². The molecule has 0 spiro atoms. The fourth-order valence-electron chi connectivity index (χ4n) is 3.18. The van der Waals surface area contributed by atoms with Crippen LogP contribution in [-0.2, 0) is 23.1 Å². The van der Waals surface area contributed by atoms with Gasteiger partial charge in [-0.15, -0.1) is 0 Å². The van der Waals surface area contributed by atoms with E-state index >= 15 is 0 Å². The first kappa shape index (κ1) is 19.3. The lowest BCUT2D eigenvalue weighted by Crippen LogP contribution is -2.48. The number of benzene rings is 1. The molecule has 1 fully saturated rings. The van der Waals surface area contributed by atoms with Crippen molar-refractivity contribution in [3.05, 3.63) is 46.5 Å². The van der Waals surface area contributed by atoms with Crippen molar-refractivity contribution >= 4 is 21.6 Å². The minimum absolute atomic E-state index is 0.255. The van der Waals surface area contributed by atoms with E-state index in [0.717, 1.165) is 0 Å². The molecule has 1 aromatic heterocycles. The molecule has 0 radical (unpaired) electrons. The highest BCUT2D eigenvalue weighted by Gasteiger charge is 2.31. The third kappa shape index (κ3) is 3.64. The van der Waals surface area contributed by atoms with Gasteiger partial charge >= 0.3 is 0 Å². The Bertz CT molecular complexity index is 872. The van der Waals surface area contributed by atoms with Gasteiger partial charge in [-0.2, -0.15) is 9.40 Å². The van der Waals surface area contributed by atoms with Gasteiger partial charge in [-0.3, -0.25) is 9.58 Å². The molecule has 6 nitrogen and oxygen atoms in total. The highest BCUT2D eigenvalue weighted by molar-refractivity contribution is 7.89. The maximum Gasteiger partial charge on any atom is 0.246 e. The Labute approximate surface area is 158 Å². The fourth-order valence-corrected chi connectivity index (χ4v) is 4.98. The van der Waals surface area contributed by atoms with Crippen LogP contribution in [0.2, 0.25) is 5.02 Å². The molecule has 2 aromatic rings. The van der Waals surface area contributed by atoms with Crippen molar-refractivity contribution in [1.29, 1.82) is 0 Å². The minimum Gasteiger partial charge on any atom is -0.296 e. The Kier molecular flexibility index (Phi) is 5.67. The van der Waals surface area contributed by atoms with E-state index in [9.17, 15) is 12.8 Å². The summed E-state index contributed by atoms with van der Waals surface area (Å²) in [6.07, 6.45) is 1.42. The van der Waals surface area contributed by atoms with Crippen molar-refractivity contribution in [3.63, 3.8) is 0 Å². The predicted molar refractivity (Wildman–Crippen MR) is 98.1 cm³/mol. The van der Waals surface area contributed by atoms with Crippen molar-refractivity contribution in [2.24, 2.45) is 0 Å². The Morgan fingerprint density at radius 2 is 1.92 bits per heavy atom. The van der Waals surface area contributed by atoms with E-state index in [1.165, 1.54) is 16.6 Å². The van der Waals surface area contributed by atoms with Crippen LogP contribution in [0.5, 0.6) is 0 Å². The Morgan fingerprint density at radius 1 is 1.23 bits per heavy atom. The van der Waals surface area contributed by atoms with Crippen LogP contribution >= 0.6 is 11.6 Å². The number of nitrogens with zero attached hydrogens (tertiary/aromatic N) is 4. The number of halogens is 2. The van der Waals surface area contributed by atoms with Gasteiger partial charge in [0, 0.05) is 49.9 Å². The van der Waals surface area contributed by atoms with Crippen LogP contribution in [0.15, 0.2) is 29.3 Å². The second-order valence-electron chi connectivity index (χ2n) is 6.29. The minimum atomic E-state index is -3.57. The van der Waals surface area contributed by atoms with Gasteiger partial charge in [0.1, 0.15) is 10.7 Å². The summed E-state index contributed by atoms with van der Waals surface area (Å²) in [7, 11) is -3.57. The lowest BCUT2D eigenvalue weighted by Gasteiger charge is -2.34. The topological polar surface area (TPSA) is 58.4 Å². The first-order chi connectivity index (χ1) is 12.3. The molecule has 2 heterocycles. The van der Waals surface area contributed by atoms with Crippen molar-refractivity contribution in [2.75, 3.05) is 26.2 Å². The maximum atomic E-state index is 13.9. The van der Waals surface area contributed by atoms with Crippen molar-refractivity contribution < 1.29 is 12.8 Å². The standard InChI is InChI=1S/C17H22ClFN4O2S/c1-3-23-13(2)17(11-20-23)26(24,25)22-9-7-21(8-10-22)12-14-15(18)5-4-6-16(14)19/h4-6,11H,3,7-10,12H2,1-2H3. The lowest BCUT2D eigenvalue weighted by molar-refractivity contribution is 0.180. The van der Waals surface area contributed by atoms with Crippen LogP contribution in [0.4, 0.5) is 4.39 Å². The highest BCUT2D eigenvalue weighted by Crippen LogP contribution is 2.24. The van der Waals surface area contributed by atoms with Gasteiger partial charge in [0.25, 0.3) is 0 Å². The molecule has 142 valence electrons. The number of sulfonamides is 1. The van der Waals surface area contributed by atoms with E-state index in [4.69, 9.17) is 11.6 Å². The molecule has 0 atom stereocenters. The normalized spacial score (nSPS) is 16.9. The van der Waals surface area contributed by atoms with Gasteiger partial charge in [0.2, 0.25) is 10.0 Å². The molecule has 0 aliphatic carbocycles. The average molecular weight is 401 g/mol. The van der Waals surface area contributed by atoms with E-state index in [1.807, 2.05) is 11.8 Å². The number of aryl methyl sites for hydroxylation is 1. The number of aromatic nitrogens is 2. The van der Waals surface area contributed by atoms with Crippen molar-refractivity contribution in [2.45, 2.75) is 31.8 Å². The van der Waals surface area contributed by atoms with Crippen LogP contribution in [0.25, 0.3) is 0 Å². The van der Waals surface area contributed by atoms with Crippen LogP contribution in [0.3, 0.4) is 0 Å². The number of rotatable bonds is 5. The summed E-state index contributed by atoms with van der Waals surface area (Å²) >= 11 is 6.08. The van der Waals surface area contributed by atoms with Gasteiger partial charge in [0.15, 0.2) is 0 Å². The molecule has 1 aromatic carbocycles. The summed E-state index contributed by atoms with van der Waals surface area (Å²) in [4.78, 5) is 2.27. The SMILES string of the molecule is CCn1ncc(S(=O)(=O)N2CCN(Cc3c(F)cccc3Cl)CC2)c1C. The summed E-state index contributed by atoms with van der Waals surface area (Å²) < 4.78 is 42.9. The van der Waals surface area contributed by atoms with Crippen LogP contribution in [0, 0.1) is 12.7 Å². The number of hydrogen-bond donors (Lipinski definition) is 0. The molecule has 0 bridgehead atoms. The van der Waals surface area contributed by atoms with Gasteiger partial charge in [-0.25, -0.2) is 12.8 Å². The monoisotopic (exact) mass is 400 g/mol. The zero-order valence-corrected chi connectivity index (χ0v) is 16.4. The molecule has 1 aliphatic rings. The molecule has 0 amide bonds. The molecule has 1 aliphatic heterocycles. The Balaban J connectivity index is 1.69. The summed E-state index contributed by atoms with van der Waals surface area (Å²) in [5.41, 5.74) is 1.10. The average Bonchev–Trinajstić information content (AvgIpc) is 3.00. The quantitative estimate of drug-likeness (QED) is 0.773. The van der Waals surface area contributed by atoms with Crippen LogP contribution in [0.1, 0.15) is 18.2 Å². The number of hydrogen-bond acceptors (Lipinski definition) is 4. The molecule has 1 saturated heterocycles. The van der Waals surface area contributed by atoms with E-state index < -0.39 is 10.0 Å². The van der Waals surface area contributed by atoms with Gasteiger partial charge < -0.3 is 0 Å². The lowest BCUT2D eigenvalue weighted by atomic mass is 10.2. The molecule has 3 rings (SSSR count). The third-order valence-electron chi connectivity index (χ3n) is 4.75. The highest BCUT2D eigenvalue weighted by atomic mass is 35.5. The molecule has 0 unspecified atom stereocenters. The first-order valence-corrected chi connectivity index (χ1v) is 10.3. The molecular weight excluding hydrogens is 379 g/mol. The van der Waals surface area contributed by atoms with Crippen LogP contribution < -0.4 is 0 Å². The Morgan fingerprint density at radius 3 is 2.50 bits per heavy atom. The molecule has 9 heteroatoms. The van der Waals surface area contributed by atoms with Gasteiger partial charge in [-0.1, -0.05) is 17.7 Å². The van der Waals surface area contributed by atoms with Crippen LogP contribution in [-0.4, -0.2) is 53.6 Å².